The van der Waals surface area contributed by atoms with Crippen molar-refractivity contribution >= 4 is 5.65 Å². The lowest BCUT2D eigenvalue weighted by Gasteiger charge is -2.04. The Hall–Kier alpha value is -1.55. The zero-order chi connectivity index (χ0) is 9.80. The van der Waals surface area contributed by atoms with Crippen molar-refractivity contribution in [1.82, 2.24) is 9.38 Å². The van der Waals surface area contributed by atoms with E-state index in [0.717, 1.165) is 11.4 Å². The van der Waals surface area contributed by atoms with E-state index < -0.39 is 0 Å². The second kappa shape index (κ2) is 4.11. The Balaban J connectivity index is 2.10. The third kappa shape index (κ3) is 1.85. The molecule has 0 spiro atoms. The first-order valence-electron chi connectivity index (χ1n) is 4.44. The van der Waals surface area contributed by atoms with Gasteiger partial charge in [0.15, 0.2) is 0 Å². The molecule has 0 bridgehead atoms. The Labute approximate surface area is 82.1 Å². The lowest BCUT2D eigenvalue weighted by Crippen LogP contribution is -2.04. The molecule has 0 atom stereocenters. The summed E-state index contributed by atoms with van der Waals surface area (Å²) in [7, 11) is 1.65. The van der Waals surface area contributed by atoms with Crippen LogP contribution in [0.5, 0.6) is 5.75 Å². The number of aromatic nitrogens is 2. The van der Waals surface area contributed by atoms with E-state index in [2.05, 4.69) is 4.98 Å². The van der Waals surface area contributed by atoms with Gasteiger partial charge in [-0.25, -0.2) is 4.98 Å². The maximum Gasteiger partial charge on any atom is 0.140 e. The monoisotopic (exact) mass is 192 g/mol. The minimum Gasteiger partial charge on any atom is -0.491 e. The average Bonchev–Trinajstić information content (AvgIpc) is 2.65. The van der Waals surface area contributed by atoms with Gasteiger partial charge in [0.05, 0.1) is 6.61 Å². The number of fused-ring (bicyclic) bond motifs is 1. The van der Waals surface area contributed by atoms with E-state index >= 15 is 0 Å². The highest BCUT2D eigenvalue weighted by Crippen LogP contribution is 2.12. The number of methoxy groups -OCH3 is 1. The van der Waals surface area contributed by atoms with Crippen LogP contribution in [0.1, 0.15) is 0 Å². The minimum atomic E-state index is 0.563. The van der Waals surface area contributed by atoms with E-state index in [4.69, 9.17) is 9.47 Å². The van der Waals surface area contributed by atoms with Crippen LogP contribution in [-0.2, 0) is 4.74 Å². The van der Waals surface area contributed by atoms with Gasteiger partial charge in [-0.3, -0.25) is 0 Å². The van der Waals surface area contributed by atoms with Gasteiger partial charge in [0.2, 0.25) is 0 Å². The molecular formula is C10H12N2O2. The van der Waals surface area contributed by atoms with Gasteiger partial charge in [-0.15, -0.1) is 0 Å². The summed E-state index contributed by atoms with van der Waals surface area (Å²) in [4.78, 5) is 4.16. The van der Waals surface area contributed by atoms with Crippen molar-refractivity contribution in [3.63, 3.8) is 0 Å². The molecule has 4 heteroatoms. The van der Waals surface area contributed by atoms with E-state index in [0.29, 0.717) is 13.2 Å². The summed E-state index contributed by atoms with van der Waals surface area (Å²) in [6, 6.07) is 3.81. The van der Waals surface area contributed by atoms with Gasteiger partial charge in [-0.2, -0.15) is 0 Å². The molecule has 0 saturated carbocycles. The van der Waals surface area contributed by atoms with Gasteiger partial charge in [0.25, 0.3) is 0 Å². The first-order valence-corrected chi connectivity index (χ1v) is 4.44. The van der Waals surface area contributed by atoms with Crippen LogP contribution in [0, 0.1) is 0 Å². The van der Waals surface area contributed by atoms with Crippen LogP contribution in [0.15, 0.2) is 30.7 Å². The molecule has 0 aromatic carbocycles. The molecule has 0 N–H and O–H groups in total. The smallest absolute Gasteiger partial charge is 0.140 e. The van der Waals surface area contributed by atoms with Crippen molar-refractivity contribution < 1.29 is 9.47 Å². The molecule has 0 aliphatic rings. The molecule has 0 saturated heterocycles. The molecule has 4 nitrogen and oxygen atoms in total. The van der Waals surface area contributed by atoms with Crippen LogP contribution >= 0.6 is 0 Å². The second-order valence-electron chi connectivity index (χ2n) is 2.90. The van der Waals surface area contributed by atoms with Gasteiger partial charge in [-0.05, 0) is 6.07 Å². The Bertz CT molecular complexity index is 411. The number of rotatable bonds is 4. The van der Waals surface area contributed by atoms with E-state index in [1.54, 1.807) is 13.3 Å². The fourth-order valence-electron chi connectivity index (χ4n) is 1.22. The summed E-state index contributed by atoms with van der Waals surface area (Å²) in [5.41, 5.74) is 0.889. The number of imidazole rings is 1. The van der Waals surface area contributed by atoms with E-state index in [9.17, 15) is 0 Å². The van der Waals surface area contributed by atoms with Crippen LogP contribution in [0.4, 0.5) is 0 Å². The standard InChI is InChI=1S/C10H12N2O2/c1-13-6-7-14-9-2-4-12-5-3-11-10(12)8-9/h2-5,8H,6-7H2,1H3. The molecule has 0 unspecified atom stereocenters. The van der Waals surface area contributed by atoms with E-state index in [-0.39, 0.29) is 0 Å². The van der Waals surface area contributed by atoms with Crippen LogP contribution in [0.3, 0.4) is 0 Å². The summed E-state index contributed by atoms with van der Waals surface area (Å²) in [6.45, 7) is 1.16. The average molecular weight is 192 g/mol. The van der Waals surface area contributed by atoms with Crippen LogP contribution in [0.25, 0.3) is 5.65 Å². The number of hydrogen-bond acceptors (Lipinski definition) is 3. The molecule has 2 rings (SSSR count). The Morgan fingerprint density at radius 3 is 3.14 bits per heavy atom. The summed E-state index contributed by atoms with van der Waals surface area (Å²) < 4.78 is 12.3. The maximum atomic E-state index is 5.45. The summed E-state index contributed by atoms with van der Waals surface area (Å²) >= 11 is 0. The summed E-state index contributed by atoms with van der Waals surface area (Å²) in [6.07, 6.45) is 5.58. The molecule has 2 aromatic rings. The Morgan fingerprint density at radius 2 is 2.29 bits per heavy atom. The quantitative estimate of drug-likeness (QED) is 0.686. The highest BCUT2D eigenvalue weighted by Gasteiger charge is 1.97. The third-order valence-electron chi connectivity index (χ3n) is 1.93. The largest absolute Gasteiger partial charge is 0.491 e. The van der Waals surface area contributed by atoms with Crippen molar-refractivity contribution in [3.05, 3.63) is 30.7 Å². The van der Waals surface area contributed by atoms with Gasteiger partial charge < -0.3 is 13.9 Å². The fourth-order valence-corrected chi connectivity index (χ4v) is 1.22. The highest BCUT2D eigenvalue weighted by atomic mass is 16.5. The predicted octanol–water partition coefficient (Wildman–Crippen LogP) is 1.36. The molecule has 14 heavy (non-hydrogen) atoms. The lowest BCUT2D eigenvalue weighted by atomic mass is 10.4. The molecular weight excluding hydrogens is 180 g/mol. The first-order chi connectivity index (χ1) is 6.90. The first kappa shape index (κ1) is 9.02. The molecule has 2 aromatic heterocycles. The van der Waals surface area contributed by atoms with Crippen LogP contribution in [0.2, 0.25) is 0 Å². The normalized spacial score (nSPS) is 10.6. The van der Waals surface area contributed by atoms with Crippen LogP contribution < -0.4 is 4.74 Å². The molecule has 0 aliphatic carbocycles. The van der Waals surface area contributed by atoms with Gasteiger partial charge in [-0.1, -0.05) is 0 Å². The predicted molar refractivity (Wildman–Crippen MR) is 52.6 cm³/mol. The van der Waals surface area contributed by atoms with Crippen molar-refractivity contribution in [2.24, 2.45) is 0 Å². The highest BCUT2D eigenvalue weighted by molar-refractivity contribution is 5.43. The van der Waals surface area contributed by atoms with Crippen molar-refractivity contribution in [1.29, 1.82) is 0 Å². The second-order valence-corrected chi connectivity index (χ2v) is 2.90. The Kier molecular flexibility index (Phi) is 2.65. The van der Waals surface area contributed by atoms with E-state index in [1.807, 2.05) is 28.9 Å². The zero-order valence-electron chi connectivity index (χ0n) is 8.01. The molecule has 74 valence electrons. The van der Waals surface area contributed by atoms with Crippen molar-refractivity contribution in [2.45, 2.75) is 0 Å². The summed E-state index contributed by atoms with van der Waals surface area (Å²) in [5, 5.41) is 0. The molecule has 0 amide bonds. The molecule has 0 radical (unpaired) electrons. The topological polar surface area (TPSA) is 35.8 Å². The lowest BCUT2D eigenvalue weighted by molar-refractivity contribution is 0.146. The van der Waals surface area contributed by atoms with Crippen LogP contribution in [-0.4, -0.2) is 29.7 Å². The van der Waals surface area contributed by atoms with Crippen molar-refractivity contribution in [3.8, 4) is 5.75 Å². The van der Waals surface area contributed by atoms with Crippen molar-refractivity contribution in [2.75, 3.05) is 20.3 Å². The fraction of sp³-hybridized carbons (Fsp3) is 0.300. The summed E-state index contributed by atoms with van der Waals surface area (Å²) in [5.74, 6) is 0.820. The molecule has 0 aliphatic heterocycles. The van der Waals surface area contributed by atoms with E-state index in [1.165, 1.54) is 0 Å². The third-order valence-corrected chi connectivity index (χ3v) is 1.93. The van der Waals surface area contributed by atoms with Gasteiger partial charge in [0.1, 0.15) is 18.0 Å². The number of pyridine rings is 1. The SMILES string of the molecule is COCCOc1ccn2ccnc2c1. The minimum absolute atomic E-state index is 0.563. The molecule has 2 heterocycles. The number of nitrogens with zero attached hydrogens (tertiary/aromatic N) is 2. The number of ether oxygens (including phenoxy) is 2. The Morgan fingerprint density at radius 1 is 1.36 bits per heavy atom. The number of hydrogen-bond donors (Lipinski definition) is 0. The zero-order valence-corrected chi connectivity index (χ0v) is 8.01. The maximum absolute atomic E-state index is 5.45. The van der Waals surface area contributed by atoms with Gasteiger partial charge >= 0.3 is 0 Å². The molecule has 0 fully saturated rings. The van der Waals surface area contributed by atoms with Gasteiger partial charge in [0, 0.05) is 31.8 Å².